The summed E-state index contributed by atoms with van der Waals surface area (Å²) in [6.45, 7) is 10.0. The van der Waals surface area contributed by atoms with Gasteiger partial charge in [0.1, 0.15) is 5.01 Å². The highest BCUT2D eigenvalue weighted by Gasteiger charge is 2.11. The van der Waals surface area contributed by atoms with Crippen molar-refractivity contribution in [2.75, 3.05) is 6.54 Å². The zero-order chi connectivity index (χ0) is 12.7. The summed E-state index contributed by atoms with van der Waals surface area (Å²) in [4.78, 5) is 5.74. The van der Waals surface area contributed by atoms with Gasteiger partial charge in [-0.1, -0.05) is 33.1 Å². The van der Waals surface area contributed by atoms with E-state index in [2.05, 4.69) is 38.0 Å². The van der Waals surface area contributed by atoms with Crippen LogP contribution in [0.5, 0.6) is 0 Å². The first kappa shape index (κ1) is 14.7. The number of hydrogen-bond acceptors (Lipinski definition) is 3. The zero-order valence-electron chi connectivity index (χ0n) is 11.6. The molecular formula is C14H26N2S. The van der Waals surface area contributed by atoms with Gasteiger partial charge in [0.25, 0.3) is 0 Å². The van der Waals surface area contributed by atoms with Crippen LogP contribution in [0, 0.1) is 12.8 Å². The maximum absolute atomic E-state index is 4.44. The Labute approximate surface area is 110 Å². The Morgan fingerprint density at radius 1 is 1.41 bits per heavy atom. The van der Waals surface area contributed by atoms with Crippen molar-refractivity contribution in [1.29, 1.82) is 0 Å². The van der Waals surface area contributed by atoms with Gasteiger partial charge in [-0.05, 0) is 32.7 Å². The number of unbranched alkanes of at least 4 members (excludes halogenated alkanes) is 1. The molecule has 1 rings (SSSR count). The summed E-state index contributed by atoms with van der Waals surface area (Å²) in [5.41, 5.74) is 0. The summed E-state index contributed by atoms with van der Waals surface area (Å²) in [5, 5.41) is 4.84. The molecule has 1 aromatic heterocycles. The lowest BCUT2D eigenvalue weighted by atomic mass is 9.99. The molecule has 17 heavy (non-hydrogen) atoms. The van der Waals surface area contributed by atoms with Gasteiger partial charge < -0.3 is 5.32 Å². The summed E-state index contributed by atoms with van der Waals surface area (Å²) in [6.07, 6.45) is 7.25. The molecule has 0 saturated carbocycles. The van der Waals surface area contributed by atoms with E-state index < -0.39 is 0 Å². The van der Waals surface area contributed by atoms with Crippen LogP contribution >= 0.6 is 11.3 Å². The van der Waals surface area contributed by atoms with Crippen LogP contribution in [0.15, 0.2) is 6.20 Å². The quantitative estimate of drug-likeness (QED) is 0.747. The van der Waals surface area contributed by atoms with Crippen molar-refractivity contribution in [2.24, 2.45) is 5.92 Å². The molecule has 0 amide bonds. The van der Waals surface area contributed by atoms with E-state index in [-0.39, 0.29) is 0 Å². The normalized spacial score (nSPS) is 14.8. The van der Waals surface area contributed by atoms with E-state index in [0.717, 1.165) is 12.5 Å². The Hall–Kier alpha value is -0.410. The Morgan fingerprint density at radius 3 is 2.71 bits per heavy atom. The molecule has 0 bridgehead atoms. The van der Waals surface area contributed by atoms with Crippen LogP contribution in [0.25, 0.3) is 0 Å². The molecule has 1 heterocycles. The van der Waals surface area contributed by atoms with E-state index in [1.54, 1.807) is 11.3 Å². The van der Waals surface area contributed by atoms with Crippen LogP contribution in [0.1, 0.15) is 62.4 Å². The van der Waals surface area contributed by atoms with Crippen LogP contribution in [0.4, 0.5) is 0 Å². The summed E-state index contributed by atoms with van der Waals surface area (Å²) in [5.74, 6) is 0.818. The first-order valence-corrected chi connectivity index (χ1v) is 7.64. The van der Waals surface area contributed by atoms with Crippen LogP contribution in [0.3, 0.4) is 0 Å². The zero-order valence-corrected chi connectivity index (χ0v) is 12.4. The molecule has 0 aromatic carbocycles. The summed E-state index contributed by atoms with van der Waals surface area (Å²) in [6, 6.07) is 0.393. The van der Waals surface area contributed by atoms with E-state index in [1.807, 2.05) is 6.20 Å². The molecule has 0 spiro atoms. The van der Waals surface area contributed by atoms with Gasteiger partial charge in [0.05, 0.1) is 6.04 Å². The minimum absolute atomic E-state index is 0.393. The van der Waals surface area contributed by atoms with Crippen molar-refractivity contribution in [1.82, 2.24) is 10.3 Å². The number of nitrogens with zero attached hydrogens (tertiary/aromatic N) is 1. The minimum Gasteiger partial charge on any atom is -0.308 e. The van der Waals surface area contributed by atoms with Gasteiger partial charge in [-0.3, -0.25) is 0 Å². The van der Waals surface area contributed by atoms with Crippen molar-refractivity contribution in [2.45, 2.75) is 59.4 Å². The van der Waals surface area contributed by atoms with E-state index in [9.17, 15) is 0 Å². The molecule has 0 radical (unpaired) electrons. The molecule has 1 N–H and O–H groups in total. The van der Waals surface area contributed by atoms with E-state index in [1.165, 1.54) is 35.6 Å². The second-order valence-electron chi connectivity index (χ2n) is 4.86. The number of thiazole rings is 1. The molecule has 98 valence electrons. The van der Waals surface area contributed by atoms with Crippen LogP contribution in [-0.2, 0) is 0 Å². The highest BCUT2D eigenvalue weighted by atomic mass is 32.1. The summed E-state index contributed by atoms with van der Waals surface area (Å²) < 4.78 is 0. The van der Waals surface area contributed by atoms with E-state index in [0.29, 0.717) is 6.04 Å². The molecule has 0 aliphatic heterocycles. The largest absolute Gasteiger partial charge is 0.308 e. The second kappa shape index (κ2) is 7.83. The molecule has 0 aliphatic carbocycles. The molecular weight excluding hydrogens is 228 g/mol. The third kappa shape index (κ3) is 5.17. The Bertz CT molecular complexity index is 309. The van der Waals surface area contributed by atoms with Gasteiger partial charge in [-0.15, -0.1) is 11.3 Å². The molecule has 2 unspecified atom stereocenters. The maximum atomic E-state index is 4.44. The molecule has 0 saturated heterocycles. The third-order valence-corrected chi connectivity index (χ3v) is 4.36. The molecule has 3 heteroatoms. The predicted octanol–water partition coefficient (Wildman–Crippen LogP) is 4.32. The highest BCUT2D eigenvalue weighted by molar-refractivity contribution is 7.11. The SMILES string of the molecule is CCCCC(CC)CNC(C)c1ncc(C)s1. The number of aromatic nitrogens is 1. The van der Waals surface area contributed by atoms with Gasteiger partial charge >= 0.3 is 0 Å². The van der Waals surface area contributed by atoms with Crippen LogP contribution in [0.2, 0.25) is 0 Å². The Kier molecular flexibility index (Phi) is 6.75. The molecule has 0 fully saturated rings. The minimum atomic E-state index is 0.393. The van der Waals surface area contributed by atoms with Gasteiger partial charge in [-0.2, -0.15) is 0 Å². The van der Waals surface area contributed by atoms with Crippen molar-refractivity contribution >= 4 is 11.3 Å². The first-order valence-electron chi connectivity index (χ1n) is 6.83. The average Bonchev–Trinajstić information content (AvgIpc) is 2.76. The standard InChI is InChI=1S/C14H26N2S/c1-5-7-8-13(6-2)10-15-12(4)14-16-9-11(3)17-14/h9,12-13,15H,5-8,10H2,1-4H3. The average molecular weight is 254 g/mol. The van der Waals surface area contributed by atoms with Crippen LogP contribution in [-0.4, -0.2) is 11.5 Å². The van der Waals surface area contributed by atoms with Gasteiger partial charge in [0.2, 0.25) is 0 Å². The fourth-order valence-corrected chi connectivity index (χ4v) is 2.75. The lowest BCUT2D eigenvalue weighted by molar-refractivity contribution is 0.398. The van der Waals surface area contributed by atoms with Gasteiger partial charge in [0.15, 0.2) is 0 Å². The van der Waals surface area contributed by atoms with Crippen LogP contribution < -0.4 is 5.32 Å². The fourth-order valence-electron chi connectivity index (χ4n) is 1.95. The fraction of sp³-hybridized carbons (Fsp3) is 0.786. The lowest BCUT2D eigenvalue weighted by Crippen LogP contribution is -2.25. The molecule has 1 aromatic rings. The highest BCUT2D eigenvalue weighted by Crippen LogP contribution is 2.20. The van der Waals surface area contributed by atoms with Gasteiger partial charge in [0, 0.05) is 11.1 Å². The van der Waals surface area contributed by atoms with E-state index >= 15 is 0 Å². The van der Waals surface area contributed by atoms with Crippen molar-refractivity contribution < 1.29 is 0 Å². The maximum Gasteiger partial charge on any atom is 0.109 e. The molecule has 0 aliphatic rings. The second-order valence-corrected chi connectivity index (χ2v) is 6.12. The predicted molar refractivity (Wildman–Crippen MR) is 76.6 cm³/mol. The number of rotatable bonds is 8. The summed E-state index contributed by atoms with van der Waals surface area (Å²) >= 11 is 1.80. The monoisotopic (exact) mass is 254 g/mol. The van der Waals surface area contributed by atoms with E-state index in [4.69, 9.17) is 0 Å². The van der Waals surface area contributed by atoms with Crippen molar-refractivity contribution in [3.63, 3.8) is 0 Å². The molecule has 2 nitrogen and oxygen atoms in total. The number of nitrogens with one attached hydrogen (secondary N) is 1. The first-order chi connectivity index (χ1) is 8.17. The lowest BCUT2D eigenvalue weighted by Gasteiger charge is -2.18. The smallest absolute Gasteiger partial charge is 0.109 e. The topological polar surface area (TPSA) is 24.9 Å². The number of hydrogen-bond donors (Lipinski definition) is 1. The molecule has 2 atom stereocenters. The third-order valence-electron chi connectivity index (χ3n) is 3.27. The van der Waals surface area contributed by atoms with Crippen molar-refractivity contribution in [3.8, 4) is 0 Å². The Balaban J connectivity index is 2.33. The Morgan fingerprint density at radius 2 is 2.18 bits per heavy atom. The van der Waals surface area contributed by atoms with Crippen molar-refractivity contribution in [3.05, 3.63) is 16.1 Å². The number of aryl methyl sites for hydroxylation is 1. The summed E-state index contributed by atoms with van der Waals surface area (Å²) in [7, 11) is 0. The van der Waals surface area contributed by atoms with Gasteiger partial charge in [-0.25, -0.2) is 4.98 Å².